The lowest BCUT2D eigenvalue weighted by atomic mass is 10.2. The van der Waals surface area contributed by atoms with Gasteiger partial charge in [-0.3, -0.25) is 4.79 Å². The largest absolute Gasteiger partial charge is 0.494 e. The molecule has 0 atom stereocenters. The van der Waals surface area contributed by atoms with Crippen LogP contribution in [0.4, 0.5) is 11.4 Å². The number of ether oxygens (including phenoxy) is 1. The van der Waals surface area contributed by atoms with Crippen LogP contribution in [0.5, 0.6) is 5.75 Å². The number of anilines is 2. The van der Waals surface area contributed by atoms with Gasteiger partial charge < -0.3 is 15.8 Å². The summed E-state index contributed by atoms with van der Waals surface area (Å²) in [4.78, 5) is 12.2. The first-order chi connectivity index (χ1) is 9.92. The molecule has 0 aliphatic carbocycles. The number of amides is 1. The van der Waals surface area contributed by atoms with E-state index in [2.05, 4.69) is 21.2 Å². The summed E-state index contributed by atoms with van der Waals surface area (Å²) < 4.78 is 5.73. The molecular formula is C14H11BrCl2N2O2. The van der Waals surface area contributed by atoms with Gasteiger partial charge in [-0.25, -0.2) is 0 Å². The fraction of sp³-hybridized carbons (Fsp3) is 0.0714. The van der Waals surface area contributed by atoms with Crippen LogP contribution in [-0.2, 0) is 0 Å². The van der Waals surface area contributed by atoms with Crippen molar-refractivity contribution in [3.63, 3.8) is 0 Å². The van der Waals surface area contributed by atoms with Gasteiger partial charge in [-0.2, -0.15) is 0 Å². The Labute approximate surface area is 140 Å². The summed E-state index contributed by atoms with van der Waals surface area (Å²) in [6.45, 7) is 0. The predicted molar refractivity (Wildman–Crippen MR) is 89.5 cm³/mol. The van der Waals surface area contributed by atoms with E-state index in [4.69, 9.17) is 33.7 Å². The van der Waals surface area contributed by atoms with Crippen LogP contribution in [0, 0.1) is 0 Å². The van der Waals surface area contributed by atoms with E-state index in [0.29, 0.717) is 27.2 Å². The fourth-order valence-electron chi connectivity index (χ4n) is 1.71. The van der Waals surface area contributed by atoms with Gasteiger partial charge in [0.05, 0.1) is 22.8 Å². The molecule has 0 aromatic heterocycles. The molecule has 110 valence electrons. The Hall–Kier alpha value is -1.43. The third kappa shape index (κ3) is 3.61. The second-order valence-electron chi connectivity index (χ2n) is 4.17. The lowest BCUT2D eigenvalue weighted by Gasteiger charge is -2.10. The van der Waals surface area contributed by atoms with E-state index in [0.717, 1.165) is 0 Å². The first-order valence-corrected chi connectivity index (χ1v) is 7.36. The fourth-order valence-corrected chi connectivity index (χ4v) is 2.85. The molecule has 0 heterocycles. The Morgan fingerprint density at radius 1 is 1.24 bits per heavy atom. The van der Waals surface area contributed by atoms with Crippen molar-refractivity contribution in [3.05, 3.63) is 50.4 Å². The smallest absolute Gasteiger partial charge is 0.255 e. The number of halogens is 3. The van der Waals surface area contributed by atoms with Crippen molar-refractivity contribution in [1.29, 1.82) is 0 Å². The van der Waals surface area contributed by atoms with Gasteiger partial charge in [0, 0.05) is 15.7 Å². The number of methoxy groups -OCH3 is 1. The van der Waals surface area contributed by atoms with Gasteiger partial charge in [0.15, 0.2) is 5.75 Å². The zero-order chi connectivity index (χ0) is 15.6. The molecule has 0 radical (unpaired) electrons. The summed E-state index contributed by atoms with van der Waals surface area (Å²) in [6.07, 6.45) is 0. The Morgan fingerprint density at radius 3 is 2.38 bits per heavy atom. The van der Waals surface area contributed by atoms with Crippen LogP contribution in [0.3, 0.4) is 0 Å². The van der Waals surface area contributed by atoms with Crippen LogP contribution in [-0.4, -0.2) is 13.0 Å². The van der Waals surface area contributed by atoms with Crippen LogP contribution < -0.4 is 15.8 Å². The van der Waals surface area contributed by atoms with Crippen LogP contribution in [0.25, 0.3) is 0 Å². The van der Waals surface area contributed by atoms with Gasteiger partial charge in [0.2, 0.25) is 0 Å². The molecule has 0 fully saturated rings. The highest BCUT2D eigenvalue weighted by atomic mass is 79.9. The first-order valence-electron chi connectivity index (χ1n) is 5.81. The monoisotopic (exact) mass is 388 g/mol. The summed E-state index contributed by atoms with van der Waals surface area (Å²) >= 11 is 15.4. The second kappa shape index (κ2) is 6.56. The summed E-state index contributed by atoms with van der Waals surface area (Å²) in [5, 5.41) is 3.29. The van der Waals surface area contributed by atoms with Crippen molar-refractivity contribution in [1.82, 2.24) is 0 Å². The van der Waals surface area contributed by atoms with Crippen LogP contribution in [0.15, 0.2) is 34.8 Å². The number of carbonyl (C=O) groups is 1. The minimum atomic E-state index is -0.341. The van der Waals surface area contributed by atoms with Gasteiger partial charge >= 0.3 is 0 Å². The highest BCUT2D eigenvalue weighted by Crippen LogP contribution is 2.34. The van der Waals surface area contributed by atoms with Crippen molar-refractivity contribution < 1.29 is 9.53 Å². The lowest BCUT2D eigenvalue weighted by Crippen LogP contribution is -2.12. The molecule has 2 rings (SSSR count). The molecular weight excluding hydrogens is 379 g/mol. The molecule has 21 heavy (non-hydrogen) atoms. The number of carbonyl (C=O) groups excluding carboxylic acids is 1. The molecule has 2 aromatic carbocycles. The number of nitrogens with one attached hydrogen (secondary N) is 1. The molecule has 0 bridgehead atoms. The zero-order valence-electron chi connectivity index (χ0n) is 10.9. The third-order valence-corrected chi connectivity index (χ3v) is 3.92. The molecule has 1 amide bonds. The van der Waals surface area contributed by atoms with Crippen LogP contribution in [0.1, 0.15) is 10.4 Å². The topological polar surface area (TPSA) is 64.3 Å². The molecule has 0 unspecified atom stereocenters. The van der Waals surface area contributed by atoms with Gasteiger partial charge in [0.1, 0.15) is 0 Å². The number of hydrogen-bond acceptors (Lipinski definition) is 3. The molecule has 0 aliphatic rings. The van der Waals surface area contributed by atoms with E-state index in [1.165, 1.54) is 19.2 Å². The van der Waals surface area contributed by atoms with E-state index in [-0.39, 0.29) is 16.0 Å². The molecule has 2 aromatic rings. The van der Waals surface area contributed by atoms with Crippen molar-refractivity contribution in [2.24, 2.45) is 0 Å². The molecule has 0 saturated carbocycles. The standard InChI is InChI=1S/C14H11BrCl2N2O2/c1-21-13-10(16)4-7(5-11(13)17)14(20)19-12-3-2-8(18)6-9(12)15/h2-6H,18H2,1H3,(H,19,20). The highest BCUT2D eigenvalue weighted by molar-refractivity contribution is 9.10. The Morgan fingerprint density at radius 2 is 1.86 bits per heavy atom. The van der Waals surface area contributed by atoms with Crippen molar-refractivity contribution in [2.45, 2.75) is 0 Å². The van der Waals surface area contributed by atoms with E-state index in [1.54, 1.807) is 18.2 Å². The van der Waals surface area contributed by atoms with E-state index in [9.17, 15) is 4.79 Å². The number of benzene rings is 2. The maximum absolute atomic E-state index is 12.2. The van der Waals surface area contributed by atoms with Gasteiger partial charge in [-0.15, -0.1) is 0 Å². The molecule has 0 spiro atoms. The summed E-state index contributed by atoms with van der Waals surface area (Å²) in [5.74, 6) is -0.00419. The predicted octanol–water partition coefficient (Wildman–Crippen LogP) is 4.60. The minimum absolute atomic E-state index is 0.270. The Bertz CT molecular complexity index is 684. The Balaban J connectivity index is 2.28. The SMILES string of the molecule is COc1c(Cl)cc(C(=O)Nc2ccc(N)cc2Br)cc1Cl. The first kappa shape index (κ1) is 15.9. The van der Waals surface area contributed by atoms with Crippen molar-refractivity contribution in [2.75, 3.05) is 18.2 Å². The molecule has 0 aliphatic heterocycles. The van der Waals surface area contributed by atoms with Gasteiger partial charge in [-0.05, 0) is 46.3 Å². The second-order valence-corrected chi connectivity index (χ2v) is 5.84. The maximum atomic E-state index is 12.2. The lowest BCUT2D eigenvalue weighted by molar-refractivity contribution is 0.102. The van der Waals surface area contributed by atoms with Gasteiger partial charge in [0.25, 0.3) is 5.91 Å². The average molecular weight is 390 g/mol. The van der Waals surface area contributed by atoms with Crippen LogP contribution >= 0.6 is 39.1 Å². The zero-order valence-corrected chi connectivity index (χ0v) is 14.0. The number of nitrogen functional groups attached to an aromatic ring is 1. The number of hydrogen-bond donors (Lipinski definition) is 2. The summed E-state index contributed by atoms with van der Waals surface area (Å²) in [5.41, 5.74) is 7.17. The molecule has 7 heteroatoms. The summed E-state index contributed by atoms with van der Waals surface area (Å²) in [6, 6.07) is 8.07. The quantitative estimate of drug-likeness (QED) is 0.754. The van der Waals surface area contributed by atoms with E-state index >= 15 is 0 Å². The number of rotatable bonds is 3. The van der Waals surface area contributed by atoms with Gasteiger partial charge in [-0.1, -0.05) is 23.2 Å². The molecule has 0 saturated heterocycles. The molecule has 3 N–H and O–H groups in total. The minimum Gasteiger partial charge on any atom is -0.494 e. The Kier molecular flexibility index (Phi) is 4.98. The summed E-state index contributed by atoms with van der Waals surface area (Å²) in [7, 11) is 1.46. The van der Waals surface area contributed by atoms with E-state index < -0.39 is 0 Å². The van der Waals surface area contributed by atoms with E-state index in [1.807, 2.05) is 0 Å². The third-order valence-electron chi connectivity index (χ3n) is 2.71. The normalized spacial score (nSPS) is 10.3. The molecule has 4 nitrogen and oxygen atoms in total. The number of nitrogens with two attached hydrogens (primary N) is 1. The van der Waals surface area contributed by atoms with Crippen molar-refractivity contribution >= 4 is 56.4 Å². The maximum Gasteiger partial charge on any atom is 0.255 e. The average Bonchev–Trinajstić information content (AvgIpc) is 2.41. The van der Waals surface area contributed by atoms with Crippen LogP contribution in [0.2, 0.25) is 10.0 Å². The van der Waals surface area contributed by atoms with Crippen molar-refractivity contribution in [3.8, 4) is 5.75 Å². The highest BCUT2D eigenvalue weighted by Gasteiger charge is 2.14.